The van der Waals surface area contributed by atoms with Crippen LogP contribution in [-0.2, 0) is 19.8 Å². The van der Waals surface area contributed by atoms with Crippen LogP contribution in [0, 0.1) is 4.78 Å². The highest BCUT2D eigenvalue weighted by Gasteiger charge is 2.14. The van der Waals surface area contributed by atoms with Gasteiger partial charge in [0.2, 0.25) is 16.0 Å². The monoisotopic (exact) mass is 515 g/mol. The fourth-order valence-corrected chi connectivity index (χ4v) is 6.13. The maximum Gasteiger partial charge on any atom is 0.240 e. The topological polar surface area (TPSA) is 149 Å². The van der Waals surface area contributed by atoms with Crippen LogP contribution in [0.15, 0.2) is 70.6 Å². The summed E-state index contributed by atoms with van der Waals surface area (Å²) in [7, 11) is -6.39. The molecule has 1 unspecified atom stereocenters. The maximum absolute atomic E-state index is 12.8. The first kappa shape index (κ1) is 24.9. The molecule has 0 spiro atoms. The van der Waals surface area contributed by atoms with Gasteiger partial charge in [-0.1, -0.05) is 24.3 Å². The first-order valence-electron chi connectivity index (χ1n) is 11.4. The van der Waals surface area contributed by atoms with Gasteiger partial charge in [0.15, 0.2) is 5.82 Å². The lowest BCUT2D eigenvalue weighted by Crippen LogP contribution is -2.26. The minimum absolute atomic E-state index is 0.242. The second-order valence-corrected chi connectivity index (χ2v) is 12.1. The largest absolute Gasteiger partial charge is 0.381 e. The molecule has 1 aliphatic heterocycles. The van der Waals surface area contributed by atoms with Crippen molar-refractivity contribution in [1.82, 2.24) is 14.7 Å². The Kier molecular flexibility index (Phi) is 7.83. The van der Waals surface area contributed by atoms with Gasteiger partial charge in [0.25, 0.3) is 0 Å². The molecule has 0 saturated carbocycles. The zero-order valence-electron chi connectivity index (χ0n) is 19.2. The summed E-state index contributed by atoms with van der Waals surface area (Å²) in [5, 5.41) is 9.68. The van der Waals surface area contributed by atoms with Crippen molar-refractivity contribution in [3.05, 3.63) is 60.8 Å². The molecule has 0 amide bonds. The molecule has 2 aromatic carbocycles. The summed E-state index contributed by atoms with van der Waals surface area (Å²) in [4.78, 5) is 9.69. The Morgan fingerprint density at radius 2 is 1.89 bits per heavy atom. The molecule has 0 fully saturated rings. The number of nitrogens with zero attached hydrogens (tertiary/aromatic N) is 2. The van der Waals surface area contributed by atoms with Gasteiger partial charge < -0.3 is 16.0 Å². The van der Waals surface area contributed by atoms with Crippen LogP contribution in [-0.4, -0.2) is 48.0 Å². The van der Waals surface area contributed by atoms with Crippen molar-refractivity contribution in [3.63, 3.8) is 0 Å². The van der Waals surface area contributed by atoms with E-state index in [1.807, 2.05) is 6.07 Å². The predicted octanol–water partition coefficient (Wildman–Crippen LogP) is 3.61. The quantitative estimate of drug-likeness (QED) is 0.300. The van der Waals surface area contributed by atoms with Crippen molar-refractivity contribution in [3.8, 4) is 0 Å². The lowest BCUT2D eigenvalue weighted by molar-refractivity contribution is 0.580. The third-order valence-corrected chi connectivity index (χ3v) is 8.78. The molecule has 1 aromatic heterocycles. The van der Waals surface area contributed by atoms with Crippen LogP contribution < -0.4 is 20.7 Å². The Balaban J connectivity index is 1.40. The molecule has 1 atom stereocenters. The van der Waals surface area contributed by atoms with E-state index in [1.54, 1.807) is 54.7 Å². The Morgan fingerprint density at radius 1 is 1.06 bits per heavy atom. The van der Waals surface area contributed by atoms with Gasteiger partial charge in [0.1, 0.15) is 0 Å². The number of anilines is 4. The number of aromatic nitrogens is 2. The molecule has 1 aliphatic rings. The zero-order chi connectivity index (χ0) is 24.7. The predicted molar refractivity (Wildman–Crippen MR) is 138 cm³/mol. The van der Waals surface area contributed by atoms with E-state index in [0.29, 0.717) is 59.7 Å². The summed E-state index contributed by atoms with van der Waals surface area (Å²) in [5.74, 6) is 1.29. The third kappa shape index (κ3) is 6.68. The van der Waals surface area contributed by atoms with Crippen LogP contribution in [0.2, 0.25) is 0 Å². The van der Waals surface area contributed by atoms with Crippen LogP contribution >= 0.6 is 0 Å². The normalized spacial score (nSPS) is 18.2. The summed E-state index contributed by atoms with van der Waals surface area (Å²) in [6.45, 7) is 1.41. The molecule has 2 heterocycles. The maximum atomic E-state index is 12.8. The molecule has 5 N–H and O–H groups in total. The lowest BCUT2D eigenvalue weighted by atomic mass is 10.3. The van der Waals surface area contributed by atoms with E-state index >= 15 is 0 Å². The summed E-state index contributed by atoms with van der Waals surface area (Å²) >= 11 is 0. The smallest absolute Gasteiger partial charge is 0.240 e. The molecule has 186 valence electrons. The highest BCUT2D eigenvalue weighted by atomic mass is 32.2. The Morgan fingerprint density at radius 3 is 2.71 bits per heavy atom. The van der Waals surface area contributed by atoms with E-state index < -0.39 is 19.8 Å². The second-order valence-electron chi connectivity index (χ2n) is 8.11. The van der Waals surface area contributed by atoms with Gasteiger partial charge in [-0.25, -0.2) is 27.1 Å². The molecule has 0 radical (unpaired) electrons. The molecular formula is C23H29N7O3S2. The number of sulfonamides is 1. The number of nitrogens with one attached hydrogen (secondary N) is 5. The highest BCUT2D eigenvalue weighted by Crippen LogP contribution is 2.25. The fraction of sp³-hybridized carbons (Fsp3) is 0.304. The van der Waals surface area contributed by atoms with E-state index in [1.165, 1.54) is 0 Å². The molecule has 3 aromatic rings. The molecule has 0 aliphatic carbocycles. The van der Waals surface area contributed by atoms with Crippen LogP contribution in [0.4, 0.5) is 23.1 Å². The summed E-state index contributed by atoms with van der Waals surface area (Å²) in [6.07, 6.45) is 3.62. The van der Waals surface area contributed by atoms with E-state index in [9.17, 15) is 12.6 Å². The third-order valence-electron chi connectivity index (χ3n) is 5.43. The standard InChI is InChI=1S/C23H29N7O3S2/c24-34(31)15-5-4-12-26-22-21(17-27-23(30-22)29-18-8-6-11-20(34)16-18)25-13-7-14-28-35(32,33)19-9-2-1-3-10-19/h1-3,6,8-11,16-17,24-25,28H,4-5,7,12-15H2,(H2,26,27,29,30). The van der Waals surface area contributed by atoms with Gasteiger partial charge >= 0.3 is 0 Å². The fourth-order valence-electron chi connectivity index (χ4n) is 3.57. The highest BCUT2D eigenvalue weighted by molar-refractivity contribution is 7.92. The van der Waals surface area contributed by atoms with Crippen molar-refractivity contribution in [2.75, 3.05) is 41.3 Å². The molecule has 4 bridgehead atoms. The number of benzene rings is 2. The van der Waals surface area contributed by atoms with Gasteiger partial charge in [-0.2, -0.15) is 4.98 Å². The summed E-state index contributed by atoms with van der Waals surface area (Å²) in [5.41, 5.74) is 1.37. The van der Waals surface area contributed by atoms with Crippen LogP contribution in [0.1, 0.15) is 19.3 Å². The Hall–Kier alpha value is -3.22. The van der Waals surface area contributed by atoms with Crippen molar-refractivity contribution >= 4 is 42.9 Å². The molecule has 35 heavy (non-hydrogen) atoms. The number of rotatable bonds is 7. The average Bonchev–Trinajstić information content (AvgIpc) is 2.85. The first-order valence-corrected chi connectivity index (χ1v) is 14.6. The van der Waals surface area contributed by atoms with E-state index in [4.69, 9.17) is 4.78 Å². The average molecular weight is 516 g/mol. The van der Waals surface area contributed by atoms with Crippen molar-refractivity contribution in [1.29, 1.82) is 4.78 Å². The number of fused-ring (bicyclic) bond motifs is 4. The SMILES string of the molecule is N=S1(=O)CCCCNc2nc(ncc2NCCCNS(=O)(=O)c2ccccc2)Nc2cccc1c2. The van der Waals surface area contributed by atoms with Crippen molar-refractivity contribution < 1.29 is 12.6 Å². The van der Waals surface area contributed by atoms with Crippen LogP contribution in [0.5, 0.6) is 0 Å². The van der Waals surface area contributed by atoms with E-state index in [-0.39, 0.29) is 11.4 Å². The zero-order valence-corrected chi connectivity index (χ0v) is 20.8. The first-order chi connectivity index (χ1) is 16.8. The molecular weight excluding hydrogens is 486 g/mol. The molecule has 12 heteroatoms. The minimum Gasteiger partial charge on any atom is -0.381 e. The Labute approximate surface area is 206 Å². The van der Waals surface area contributed by atoms with Crippen LogP contribution in [0.25, 0.3) is 0 Å². The molecule has 10 nitrogen and oxygen atoms in total. The van der Waals surface area contributed by atoms with Gasteiger partial charge in [-0.3, -0.25) is 0 Å². The van der Waals surface area contributed by atoms with E-state index in [2.05, 4.69) is 30.6 Å². The van der Waals surface area contributed by atoms with Crippen molar-refractivity contribution in [2.45, 2.75) is 29.1 Å². The van der Waals surface area contributed by atoms with Gasteiger partial charge in [-0.15, -0.1) is 0 Å². The molecule has 0 saturated heterocycles. The lowest BCUT2D eigenvalue weighted by Gasteiger charge is -2.14. The summed E-state index contributed by atoms with van der Waals surface area (Å²) < 4.78 is 48.4. The van der Waals surface area contributed by atoms with E-state index in [0.717, 1.165) is 6.42 Å². The number of hydrogen-bond acceptors (Lipinski definition) is 9. The van der Waals surface area contributed by atoms with Crippen molar-refractivity contribution in [2.24, 2.45) is 0 Å². The Bertz CT molecular complexity index is 1360. The summed E-state index contributed by atoms with van der Waals surface area (Å²) in [6, 6.07) is 15.3. The van der Waals surface area contributed by atoms with Gasteiger partial charge in [0, 0.05) is 36.0 Å². The van der Waals surface area contributed by atoms with Gasteiger partial charge in [0.05, 0.1) is 26.5 Å². The second kappa shape index (κ2) is 11.0. The van der Waals surface area contributed by atoms with Gasteiger partial charge in [-0.05, 0) is 49.6 Å². The molecule has 4 rings (SSSR count). The number of hydrogen-bond donors (Lipinski definition) is 5. The van der Waals surface area contributed by atoms with Crippen LogP contribution in [0.3, 0.4) is 0 Å². The minimum atomic E-state index is -3.53.